The molecule has 2 N–H and O–H groups in total. The highest BCUT2D eigenvalue weighted by molar-refractivity contribution is 9.11. The summed E-state index contributed by atoms with van der Waals surface area (Å²) in [6, 6.07) is 5.47. The molecule has 2 aromatic rings. The maximum Gasteiger partial charge on any atom is 0.183 e. The Hall–Kier alpha value is -0.520. The summed E-state index contributed by atoms with van der Waals surface area (Å²) >= 11 is 12.6. The molecule has 0 bridgehead atoms. The van der Waals surface area contributed by atoms with Crippen LogP contribution in [-0.4, -0.2) is 5.16 Å². The summed E-state index contributed by atoms with van der Waals surface area (Å²) in [6.07, 6.45) is 0. The van der Waals surface area contributed by atoms with E-state index in [9.17, 15) is 0 Å². The zero-order valence-corrected chi connectivity index (χ0v) is 11.2. The standard InChI is InChI=1S/C9H5Br2ClN2O/c10-5-2-1-4(3-6(5)12)8-7(11)9(13)14-15-8/h1-3H,(H2,13,14). The Bertz CT molecular complexity index is 513. The van der Waals surface area contributed by atoms with Crippen molar-refractivity contribution in [1.82, 2.24) is 5.16 Å². The Balaban J connectivity index is 2.55. The van der Waals surface area contributed by atoms with Crippen molar-refractivity contribution < 1.29 is 4.52 Å². The molecule has 1 heterocycles. The molecule has 15 heavy (non-hydrogen) atoms. The van der Waals surface area contributed by atoms with Crippen molar-refractivity contribution >= 4 is 49.3 Å². The highest BCUT2D eigenvalue weighted by Crippen LogP contribution is 2.35. The fourth-order valence-electron chi connectivity index (χ4n) is 1.11. The van der Waals surface area contributed by atoms with E-state index in [0.717, 1.165) is 10.0 Å². The first kappa shape index (κ1) is 11.0. The van der Waals surface area contributed by atoms with Crippen LogP contribution in [0.2, 0.25) is 5.02 Å². The number of halogens is 3. The van der Waals surface area contributed by atoms with Gasteiger partial charge in [-0.25, -0.2) is 0 Å². The molecule has 0 amide bonds. The molecule has 6 heteroatoms. The Morgan fingerprint density at radius 1 is 1.33 bits per heavy atom. The number of hydrogen-bond donors (Lipinski definition) is 1. The van der Waals surface area contributed by atoms with Crippen LogP contribution in [0.5, 0.6) is 0 Å². The van der Waals surface area contributed by atoms with E-state index in [4.69, 9.17) is 21.9 Å². The van der Waals surface area contributed by atoms with Crippen LogP contribution in [0.1, 0.15) is 0 Å². The SMILES string of the molecule is Nc1noc(-c2ccc(Br)c(Cl)c2)c1Br. The number of nitrogens with zero attached hydrogens (tertiary/aromatic N) is 1. The van der Waals surface area contributed by atoms with Gasteiger partial charge in [0.2, 0.25) is 0 Å². The number of hydrogen-bond acceptors (Lipinski definition) is 3. The van der Waals surface area contributed by atoms with Crippen LogP contribution in [0.3, 0.4) is 0 Å². The minimum Gasteiger partial charge on any atom is -0.380 e. The second-order valence-corrected chi connectivity index (χ2v) is 4.89. The third-order valence-corrected chi connectivity index (χ3v) is 3.84. The Kier molecular flexibility index (Phi) is 3.04. The van der Waals surface area contributed by atoms with E-state index in [1.54, 1.807) is 6.07 Å². The average molecular weight is 352 g/mol. The summed E-state index contributed by atoms with van der Waals surface area (Å²) in [4.78, 5) is 0. The van der Waals surface area contributed by atoms with Crippen molar-refractivity contribution in [3.8, 4) is 11.3 Å². The van der Waals surface area contributed by atoms with E-state index in [1.165, 1.54) is 0 Å². The zero-order chi connectivity index (χ0) is 11.0. The van der Waals surface area contributed by atoms with Crippen LogP contribution < -0.4 is 5.73 Å². The van der Waals surface area contributed by atoms with Gasteiger partial charge in [-0.05, 0) is 50.1 Å². The molecule has 0 radical (unpaired) electrons. The van der Waals surface area contributed by atoms with Gasteiger partial charge in [0, 0.05) is 10.0 Å². The lowest BCUT2D eigenvalue weighted by Gasteiger charge is -1.99. The zero-order valence-electron chi connectivity index (χ0n) is 7.30. The predicted octanol–water partition coefficient (Wildman–Crippen LogP) is 4.10. The summed E-state index contributed by atoms with van der Waals surface area (Å²) in [5.74, 6) is 0.894. The monoisotopic (exact) mass is 350 g/mol. The average Bonchev–Trinajstić information content (AvgIpc) is 2.53. The molecule has 0 aliphatic carbocycles. The van der Waals surface area contributed by atoms with E-state index in [0.29, 0.717) is 21.1 Å². The first-order chi connectivity index (χ1) is 7.09. The normalized spacial score (nSPS) is 10.6. The summed E-state index contributed by atoms with van der Waals surface area (Å²) in [6.45, 7) is 0. The summed E-state index contributed by atoms with van der Waals surface area (Å²) in [5, 5.41) is 4.25. The van der Waals surface area contributed by atoms with Crippen LogP contribution in [0.25, 0.3) is 11.3 Å². The fourth-order valence-corrected chi connectivity index (χ4v) is 1.91. The van der Waals surface area contributed by atoms with Gasteiger partial charge in [0.05, 0.1) is 5.02 Å². The molecule has 0 spiro atoms. The Morgan fingerprint density at radius 2 is 2.07 bits per heavy atom. The van der Waals surface area contributed by atoms with Gasteiger partial charge in [0.25, 0.3) is 0 Å². The molecular weight excluding hydrogens is 347 g/mol. The molecule has 0 atom stereocenters. The van der Waals surface area contributed by atoms with Crippen molar-refractivity contribution in [1.29, 1.82) is 0 Å². The first-order valence-corrected chi connectivity index (χ1v) is 5.92. The van der Waals surface area contributed by atoms with Crippen molar-refractivity contribution in [2.45, 2.75) is 0 Å². The second-order valence-electron chi connectivity index (χ2n) is 2.84. The van der Waals surface area contributed by atoms with E-state index < -0.39 is 0 Å². The lowest BCUT2D eigenvalue weighted by molar-refractivity contribution is 0.435. The summed E-state index contributed by atoms with van der Waals surface area (Å²) < 4.78 is 6.55. The molecule has 2 rings (SSSR count). The molecule has 78 valence electrons. The molecule has 3 nitrogen and oxygen atoms in total. The predicted molar refractivity (Wildman–Crippen MR) is 66.8 cm³/mol. The number of rotatable bonds is 1. The van der Waals surface area contributed by atoms with Gasteiger partial charge in [-0.15, -0.1) is 0 Å². The quantitative estimate of drug-likeness (QED) is 0.841. The molecule has 1 aromatic carbocycles. The topological polar surface area (TPSA) is 52.0 Å². The van der Waals surface area contributed by atoms with Crippen molar-refractivity contribution in [2.75, 3.05) is 5.73 Å². The number of anilines is 1. The fraction of sp³-hybridized carbons (Fsp3) is 0. The lowest BCUT2D eigenvalue weighted by Crippen LogP contribution is -1.83. The highest BCUT2D eigenvalue weighted by atomic mass is 79.9. The third kappa shape index (κ3) is 2.04. The molecule has 0 saturated carbocycles. The van der Waals surface area contributed by atoms with Gasteiger partial charge in [0.15, 0.2) is 11.6 Å². The van der Waals surface area contributed by atoms with Gasteiger partial charge < -0.3 is 10.3 Å². The van der Waals surface area contributed by atoms with Crippen LogP contribution in [0, 0.1) is 0 Å². The van der Waals surface area contributed by atoms with Gasteiger partial charge in [-0.2, -0.15) is 0 Å². The smallest absolute Gasteiger partial charge is 0.183 e. The van der Waals surface area contributed by atoms with Crippen molar-refractivity contribution in [3.05, 3.63) is 32.2 Å². The van der Waals surface area contributed by atoms with Crippen LogP contribution in [-0.2, 0) is 0 Å². The minimum atomic E-state index is 0.323. The number of benzene rings is 1. The van der Waals surface area contributed by atoms with E-state index in [2.05, 4.69) is 37.0 Å². The Morgan fingerprint density at radius 3 is 2.60 bits per heavy atom. The van der Waals surface area contributed by atoms with Gasteiger partial charge in [0.1, 0.15) is 4.47 Å². The number of aromatic nitrogens is 1. The molecule has 1 aromatic heterocycles. The summed E-state index contributed by atoms with van der Waals surface area (Å²) in [5.41, 5.74) is 6.37. The van der Waals surface area contributed by atoms with Crippen LogP contribution >= 0.6 is 43.5 Å². The highest BCUT2D eigenvalue weighted by Gasteiger charge is 2.13. The summed E-state index contributed by atoms with van der Waals surface area (Å²) in [7, 11) is 0. The Labute approximate surface area is 108 Å². The van der Waals surface area contributed by atoms with Gasteiger partial charge in [-0.1, -0.05) is 16.8 Å². The van der Waals surface area contributed by atoms with E-state index in [1.807, 2.05) is 12.1 Å². The third-order valence-electron chi connectivity index (χ3n) is 1.84. The lowest BCUT2D eigenvalue weighted by atomic mass is 10.2. The first-order valence-electron chi connectivity index (χ1n) is 3.95. The van der Waals surface area contributed by atoms with E-state index in [-0.39, 0.29) is 0 Å². The van der Waals surface area contributed by atoms with Gasteiger partial charge >= 0.3 is 0 Å². The minimum absolute atomic E-state index is 0.323. The largest absolute Gasteiger partial charge is 0.380 e. The number of nitrogen functional groups attached to an aromatic ring is 1. The molecule has 0 unspecified atom stereocenters. The second kappa shape index (κ2) is 4.15. The van der Waals surface area contributed by atoms with Crippen LogP contribution in [0.4, 0.5) is 5.82 Å². The van der Waals surface area contributed by atoms with Crippen LogP contribution in [0.15, 0.2) is 31.7 Å². The number of nitrogens with two attached hydrogens (primary N) is 1. The molecule has 0 aliphatic rings. The van der Waals surface area contributed by atoms with Gasteiger partial charge in [-0.3, -0.25) is 0 Å². The molecule has 0 aliphatic heterocycles. The van der Waals surface area contributed by atoms with E-state index >= 15 is 0 Å². The van der Waals surface area contributed by atoms with Crippen molar-refractivity contribution in [3.63, 3.8) is 0 Å². The maximum absolute atomic E-state index is 5.97. The van der Waals surface area contributed by atoms with Crippen molar-refractivity contribution in [2.24, 2.45) is 0 Å². The molecule has 0 fully saturated rings. The molecular formula is C9H5Br2ClN2O. The molecule has 0 saturated heterocycles. The maximum atomic E-state index is 5.97.